The molecule has 1 atom stereocenters. The van der Waals surface area contributed by atoms with Crippen LogP contribution in [-0.4, -0.2) is 35.6 Å². The van der Waals surface area contributed by atoms with Crippen molar-refractivity contribution in [2.45, 2.75) is 32.4 Å². The van der Waals surface area contributed by atoms with Gasteiger partial charge in [0, 0.05) is 7.05 Å². The summed E-state index contributed by atoms with van der Waals surface area (Å²) in [6.07, 6.45) is 0. The van der Waals surface area contributed by atoms with Crippen molar-refractivity contribution >= 4 is 11.8 Å². The highest BCUT2D eigenvalue weighted by atomic mass is 16.3. The first-order valence-electron chi connectivity index (χ1n) is 4.04. The van der Waals surface area contributed by atoms with Crippen molar-refractivity contribution in [2.24, 2.45) is 0 Å². The fraction of sp³-hybridized carbons (Fsp3) is 0.750. The largest absolute Gasteiger partial charge is 0.381 e. The van der Waals surface area contributed by atoms with E-state index in [1.54, 1.807) is 6.92 Å². The molecule has 13 heavy (non-hydrogen) atoms. The Morgan fingerprint density at radius 3 is 2.15 bits per heavy atom. The van der Waals surface area contributed by atoms with Crippen molar-refractivity contribution in [3.63, 3.8) is 0 Å². The van der Waals surface area contributed by atoms with Gasteiger partial charge in [-0.05, 0) is 20.8 Å². The summed E-state index contributed by atoms with van der Waals surface area (Å²) in [7, 11) is 1.48. The Labute approximate surface area is 77.5 Å². The van der Waals surface area contributed by atoms with Crippen LogP contribution in [-0.2, 0) is 9.59 Å². The molecule has 0 radical (unpaired) electrons. The summed E-state index contributed by atoms with van der Waals surface area (Å²) in [6.45, 7) is 4.26. The van der Waals surface area contributed by atoms with Crippen LogP contribution in [0.5, 0.6) is 0 Å². The molecule has 0 spiro atoms. The number of hydrogen-bond donors (Lipinski definition) is 3. The summed E-state index contributed by atoms with van der Waals surface area (Å²) < 4.78 is 0. The lowest BCUT2D eigenvalue weighted by atomic mass is 10.1. The van der Waals surface area contributed by atoms with E-state index in [-0.39, 0.29) is 5.91 Å². The van der Waals surface area contributed by atoms with Gasteiger partial charge in [0.1, 0.15) is 11.6 Å². The summed E-state index contributed by atoms with van der Waals surface area (Å²) in [6, 6.07) is -0.635. The van der Waals surface area contributed by atoms with Crippen molar-refractivity contribution in [2.75, 3.05) is 7.05 Å². The van der Waals surface area contributed by atoms with E-state index in [2.05, 4.69) is 10.6 Å². The Hall–Kier alpha value is -1.10. The second kappa shape index (κ2) is 4.23. The molecule has 0 aromatic carbocycles. The van der Waals surface area contributed by atoms with Crippen LogP contribution in [0, 0.1) is 0 Å². The molecule has 0 fully saturated rings. The third kappa shape index (κ3) is 3.89. The molecular weight excluding hydrogens is 172 g/mol. The highest BCUT2D eigenvalue weighted by Crippen LogP contribution is 2.00. The van der Waals surface area contributed by atoms with Crippen LogP contribution in [0.4, 0.5) is 0 Å². The number of hydrogen-bond acceptors (Lipinski definition) is 3. The number of carbonyl (C=O) groups excluding carboxylic acids is 2. The van der Waals surface area contributed by atoms with Crippen LogP contribution >= 0.6 is 0 Å². The average molecular weight is 188 g/mol. The van der Waals surface area contributed by atoms with Gasteiger partial charge in [-0.25, -0.2) is 0 Å². The molecular formula is C8H16N2O3. The molecule has 0 aromatic rings. The number of rotatable bonds is 3. The molecule has 3 N–H and O–H groups in total. The topological polar surface area (TPSA) is 78.4 Å². The highest BCUT2D eigenvalue weighted by Gasteiger charge is 2.26. The maximum absolute atomic E-state index is 11.2. The molecule has 2 amide bonds. The van der Waals surface area contributed by atoms with Crippen LogP contribution < -0.4 is 10.6 Å². The number of aliphatic hydroxyl groups is 1. The van der Waals surface area contributed by atoms with Crippen LogP contribution in [0.15, 0.2) is 0 Å². The Bertz CT molecular complexity index is 208. The van der Waals surface area contributed by atoms with E-state index in [0.29, 0.717) is 0 Å². The molecule has 0 heterocycles. The molecule has 5 nitrogen and oxygen atoms in total. The Morgan fingerprint density at radius 2 is 1.85 bits per heavy atom. The monoisotopic (exact) mass is 188 g/mol. The lowest BCUT2D eigenvalue weighted by molar-refractivity contribution is -0.139. The van der Waals surface area contributed by atoms with E-state index >= 15 is 0 Å². The fourth-order valence-corrected chi connectivity index (χ4v) is 0.655. The lowest BCUT2D eigenvalue weighted by Gasteiger charge is -2.19. The minimum Gasteiger partial charge on any atom is -0.381 e. The Balaban J connectivity index is 4.15. The van der Waals surface area contributed by atoms with Crippen molar-refractivity contribution in [1.29, 1.82) is 0 Å². The first-order valence-corrected chi connectivity index (χ1v) is 4.04. The zero-order chi connectivity index (χ0) is 10.6. The Kier molecular flexibility index (Phi) is 3.87. The zero-order valence-corrected chi connectivity index (χ0v) is 8.34. The van der Waals surface area contributed by atoms with Gasteiger partial charge < -0.3 is 15.7 Å². The summed E-state index contributed by atoms with van der Waals surface area (Å²) in [4.78, 5) is 22.1. The average Bonchev–Trinajstić information content (AvgIpc) is 2.01. The van der Waals surface area contributed by atoms with Crippen LogP contribution in [0.2, 0.25) is 0 Å². The van der Waals surface area contributed by atoms with E-state index in [0.717, 1.165) is 0 Å². The van der Waals surface area contributed by atoms with Gasteiger partial charge in [-0.1, -0.05) is 0 Å². The molecule has 0 saturated heterocycles. The number of likely N-dealkylation sites (N-methyl/N-ethyl adjacent to an activating group) is 1. The van der Waals surface area contributed by atoms with Gasteiger partial charge in [0.25, 0.3) is 5.91 Å². The van der Waals surface area contributed by atoms with E-state index in [4.69, 9.17) is 0 Å². The Morgan fingerprint density at radius 1 is 1.38 bits per heavy atom. The number of amides is 2. The normalized spacial score (nSPS) is 13.3. The molecule has 0 rings (SSSR count). The first kappa shape index (κ1) is 11.9. The van der Waals surface area contributed by atoms with Crippen molar-refractivity contribution < 1.29 is 14.7 Å². The molecule has 0 saturated carbocycles. The number of nitrogens with one attached hydrogen (secondary N) is 2. The quantitative estimate of drug-likeness (QED) is 0.532. The van der Waals surface area contributed by atoms with Gasteiger partial charge >= 0.3 is 0 Å². The molecule has 0 bridgehead atoms. The van der Waals surface area contributed by atoms with Gasteiger partial charge in [-0.15, -0.1) is 0 Å². The van der Waals surface area contributed by atoms with Crippen molar-refractivity contribution in [3.05, 3.63) is 0 Å². The van der Waals surface area contributed by atoms with Gasteiger partial charge in [0.15, 0.2) is 0 Å². The molecule has 76 valence electrons. The maximum Gasteiger partial charge on any atom is 0.252 e. The van der Waals surface area contributed by atoms with Crippen LogP contribution in [0.1, 0.15) is 20.8 Å². The summed E-state index contributed by atoms with van der Waals surface area (Å²) in [5, 5.41) is 14.0. The van der Waals surface area contributed by atoms with Crippen molar-refractivity contribution in [1.82, 2.24) is 10.6 Å². The summed E-state index contributed by atoms with van der Waals surface area (Å²) >= 11 is 0. The predicted octanol–water partition coefficient (Wildman–Crippen LogP) is -0.992. The molecule has 0 aliphatic heterocycles. The fourth-order valence-electron chi connectivity index (χ4n) is 0.655. The molecule has 1 unspecified atom stereocenters. The first-order chi connectivity index (χ1) is 5.79. The van der Waals surface area contributed by atoms with E-state index in [9.17, 15) is 14.7 Å². The molecule has 0 aliphatic rings. The summed E-state index contributed by atoms with van der Waals surface area (Å²) in [5.74, 6) is -0.860. The van der Waals surface area contributed by atoms with Gasteiger partial charge in [0.2, 0.25) is 5.91 Å². The predicted molar refractivity (Wildman–Crippen MR) is 48.0 cm³/mol. The zero-order valence-electron chi connectivity index (χ0n) is 8.34. The van der Waals surface area contributed by atoms with E-state index in [1.165, 1.54) is 20.9 Å². The molecule has 0 aliphatic carbocycles. The number of carbonyl (C=O) groups is 2. The van der Waals surface area contributed by atoms with Crippen LogP contribution in [0.3, 0.4) is 0 Å². The van der Waals surface area contributed by atoms with Crippen LogP contribution in [0.25, 0.3) is 0 Å². The molecule has 5 heteroatoms. The lowest BCUT2D eigenvalue weighted by Crippen LogP contribution is -2.50. The van der Waals surface area contributed by atoms with Crippen molar-refractivity contribution in [3.8, 4) is 0 Å². The summed E-state index contributed by atoms with van der Waals surface area (Å²) in [5.41, 5.74) is -1.46. The third-order valence-electron chi connectivity index (χ3n) is 1.54. The minimum absolute atomic E-state index is 0.294. The SMILES string of the molecule is CNC(=O)C(C)NC(=O)C(C)(C)O. The van der Waals surface area contributed by atoms with Gasteiger partial charge in [-0.2, -0.15) is 0 Å². The maximum atomic E-state index is 11.2. The smallest absolute Gasteiger partial charge is 0.252 e. The second-order valence-electron chi connectivity index (χ2n) is 3.37. The van der Waals surface area contributed by atoms with E-state index < -0.39 is 17.6 Å². The minimum atomic E-state index is -1.46. The van der Waals surface area contributed by atoms with Gasteiger partial charge in [0.05, 0.1) is 0 Å². The standard InChI is InChI=1S/C8H16N2O3/c1-5(6(11)9-4)10-7(12)8(2,3)13/h5,13H,1-4H3,(H,9,11)(H,10,12). The molecule has 0 aromatic heterocycles. The second-order valence-corrected chi connectivity index (χ2v) is 3.37. The highest BCUT2D eigenvalue weighted by molar-refractivity contribution is 5.90. The third-order valence-corrected chi connectivity index (χ3v) is 1.54. The van der Waals surface area contributed by atoms with Gasteiger partial charge in [-0.3, -0.25) is 9.59 Å². The van der Waals surface area contributed by atoms with E-state index in [1.807, 2.05) is 0 Å².